The molecular weight excluding hydrogens is 346 g/mol. The minimum atomic E-state index is -3.66. The Labute approximate surface area is 127 Å². The zero-order valence-electron chi connectivity index (χ0n) is 11.1. The molecule has 1 aliphatic heterocycles. The Balaban J connectivity index is 2.36. The molecule has 1 saturated heterocycles. The van der Waals surface area contributed by atoms with Crippen LogP contribution in [-0.2, 0) is 24.9 Å². The van der Waals surface area contributed by atoms with Gasteiger partial charge in [0.2, 0.25) is 10.0 Å². The van der Waals surface area contributed by atoms with Crippen molar-refractivity contribution in [3.05, 3.63) is 29.8 Å². The third-order valence-electron chi connectivity index (χ3n) is 3.34. The van der Waals surface area contributed by atoms with Gasteiger partial charge >= 0.3 is 5.97 Å². The number of hydrogen-bond donors (Lipinski definition) is 0. The average Bonchev–Trinajstić information content (AvgIpc) is 2.96. The first-order valence-corrected chi connectivity index (χ1v) is 8.81. The van der Waals surface area contributed by atoms with Gasteiger partial charge in [0, 0.05) is 11.9 Å². The topological polar surface area (TPSA) is 63.7 Å². The first kappa shape index (κ1) is 15.5. The Morgan fingerprint density at radius 3 is 2.90 bits per heavy atom. The molecule has 0 radical (unpaired) electrons. The van der Waals surface area contributed by atoms with Crippen molar-refractivity contribution in [2.75, 3.05) is 13.7 Å². The van der Waals surface area contributed by atoms with Crippen LogP contribution in [-0.4, -0.2) is 38.4 Å². The Kier molecular flexibility index (Phi) is 4.82. The van der Waals surface area contributed by atoms with E-state index < -0.39 is 22.0 Å². The maximum absolute atomic E-state index is 12.6. The van der Waals surface area contributed by atoms with E-state index in [0.717, 1.165) is 5.56 Å². The number of methoxy groups -OCH3 is 1. The normalized spacial score (nSPS) is 20.0. The van der Waals surface area contributed by atoms with Crippen LogP contribution in [0.15, 0.2) is 29.2 Å². The van der Waals surface area contributed by atoms with Gasteiger partial charge in [0.05, 0.1) is 12.0 Å². The minimum absolute atomic E-state index is 0.213. The van der Waals surface area contributed by atoms with Crippen LogP contribution in [0, 0.1) is 0 Å². The van der Waals surface area contributed by atoms with Gasteiger partial charge in [-0.3, -0.25) is 4.79 Å². The van der Waals surface area contributed by atoms with Crippen LogP contribution in [0.3, 0.4) is 0 Å². The van der Waals surface area contributed by atoms with E-state index in [1.54, 1.807) is 18.2 Å². The minimum Gasteiger partial charge on any atom is -0.468 e. The van der Waals surface area contributed by atoms with E-state index in [0.29, 0.717) is 24.7 Å². The maximum atomic E-state index is 12.6. The predicted molar refractivity (Wildman–Crippen MR) is 78.0 cm³/mol. The van der Waals surface area contributed by atoms with Crippen LogP contribution in [0.2, 0.25) is 0 Å². The van der Waals surface area contributed by atoms with Crippen LogP contribution >= 0.6 is 15.9 Å². The number of nitrogens with zero attached hydrogens (tertiary/aromatic N) is 1. The molecule has 2 rings (SSSR count). The molecule has 1 unspecified atom stereocenters. The van der Waals surface area contributed by atoms with Gasteiger partial charge < -0.3 is 4.74 Å². The van der Waals surface area contributed by atoms with Gasteiger partial charge in [-0.15, -0.1) is 0 Å². The lowest BCUT2D eigenvalue weighted by Crippen LogP contribution is -2.41. The number of carbonyl (C=O) groups excluding carboxylic acids is 1. The van der Waals surface area contributed by atoms with Crippen LogP contribution in [0.5, 0.6) is 0 Å². The quantitative estimate of drug-likeness (QED) is 0.606. The van der Waals surface area contributed by atoms with Crippen LogP contribution in [0.25, 0.3) is 0 Å². The zero-order chi connectivity index (χ0) is 14.8. The van der Waals surface area contributed by atoms with Crippen molar-refractivity contribution >= 4 is 31.9 Å². The van der Waals surface area contributed by atoms with E-state index in [4.69, 9.17) is 0 Å². The summed E-state index contributed by atoms with van der Waals surface area (Å²) in [5.41, 5.74) is 0.875. The second-order valence-corrected chi connectivity index (χ2v) is 7.03. The molecule has 1 aliphatic rings. The van der Waals surface area contributed by atoms with Crippen molar-refractivity contribution < 1.29 is 17.9 Å². The molecular formula is C13H16BrNO4S. The molecule has 0 N–H and O–H groups in total. The third-order valence-corrected chi connectivity index (χ3v) is 5.89. The van der Waals surface area contributed by atoms with E-state index >= 15 is 0 Å². The number of hydrogen-bond acceptors (Lipinski definition) is 4. The average molecular weight is 362 g/mol. The number of carbonyl (C=O) groups is 1. The molecule has 1 aromatic carbocycles. The molecule has 1 atom stereocenters. The monoisotopic (exact) mass is 361 g/mol. The Morgan fingerprint density at radius 1 is 1.50 bits per heavy atom. The first-order chi connectivity index (χ1) is 9.50. The number of benzene rings is 1. The van der Waals surface area contributed by atoms with Crippen molar-refractivity contribution in [3.8, 4) is 0 Å². The van der Waals surface area contributed by atoms with Gasteiger partial charge in [0.25, 0.3) is 0 Å². The summed E-state index contributed by atoms with van der Waals surface area (Å²) in [6.07, 6.45) is 1.17. The summed E-state index contributed by atoms with van der Waals surface area (Å²) in [6.45, 7) is 0.348. The molecule has 1 heterocycles. The van der Waals surface area contributed by atoms with Crippen molar-refractivity contribution in [2.24, 2.45) is 0 Å². The second kappa shape index (κ2) is 6.24. The Bertz CT molecular complexity index is 602. The van der Waals surface area contributed by atoms with Crippen molar-refractivity contribution in [1.29, 1.82) is 0 Å². The maximum Gasteiger partial charge on any atom is 0.324 e. The number of alkyl halides is 1. The molecule has 0 saturated carbocycles. The second-order valence-electron chi connectivity index (χ2n) is 4.58. The molecule has 0 aliphatic carbocycles. The largest absolute Gasteiger partial charge is 0.468 e. The summed E-state index contributed by atoms with van der Waals surface area (Å²) in [6, 6.07) is 6.00. The van der Waals surface area contributed by atoms with E-state index in [1.807, 2.05) is 6.07 Å². The van der Waals surface area contributed by atoms with Crippen LogP contribution in [0.1, 0.15) is 18.4 Å². The van der Waals surface area contributed by atoms with Crippen molar-refractivity contribution in [3.63, 3.8) is 0 Å². The summed E-state index contributed by atoms with van der Waals surface area (Å²) in [5.74, 6) is -0.497. The highest BCUT2D eigenvalue weighted by molar-refractivity contribution is 9.08. The molecule has 0 bridgehead atoms. The molecule has 1 aromatic rings. The molecule has 0 aromatic heterocycles. The lowest BCUT2D eigenvalue weighted by Gasteiger charge is -2.22. The van der Waals surface area contributed by atoms with Gasteiger partial charge in [-0.25, -0.2) is 8.42 Å². The summed E-state index contributed by atoms with van der Waals surface area (Å²) in [5, 5.41) is 0.580. The Hall–Kier alpha value is -0.920. The zero-order valence-corrected chi connectivity index (χ0v) is 13.5. The number of ether oxygens (including phenoxy) is 1. The number of esters is 1. The molecule has 0 amide bonds. The molecule has 0 spiro atoms. The van der Waals surface area contributed by atoms with Crippen LogP contribution < -0.4 is 0 Å². The predicted octanol–water partition coefficient (Wildman–Crippen LogP) is 1.91. The summed E-state index contributed by atoms with van der Waals surface area (Å²) in [4.78, 5) is 11.9. The molecule has 20 heavy (non-hydrogen) atoms. The van der Waals surface area contributed by atoms with E-state index in [-0.39, 0.29) is 4.90 Å². The highest BCUT2D eigenvalue weighted by Crippen LogP contribution is 2.27. The number of rotatable bonds is 4. The van der Waals surface area contributed by atoms with E-state index in [1.165, 1.54) is 11.4 Å². The van der Waals surface area contributed by atoms with Gasteiger partial charge in [-0.2, -0.15) is 4.31 Å². The first-order valence-electron chi connectivity index (χ1n) is 6.25. The fourth-order valence-corrected chi connectivity index (χ4v) is 4.39. The van der Waals surface area contributed by atoms with Crippen LogP contribution in [0.4, 0.5) is 0 Å². The lowest BCUT2D eigenvalue weighted by molar-refractivity contribution is -0.144. The SMILES string of the molecule is COC(=O)C1CCCN1S(=O)(=O)c1cccc(CBr)c1. The van der Waals surface area contributed by atoms with E-state index in [2.05, 4.69) is 20.7 Å². The van der Waals surface area contributed by atoms with Crippen molar-refractivity contribution in [2.45, 2.75) is 29.1 Å². The van der Waals surface area contributed by atoms with Gasteiger partial charge in [-0.05, 0) is 30.5 Å². The molecule has 7 heteroatoms. The number of halogens is 1. The summed E-state index contributed by atoms with van der Waals surface area (Å²) in [7, 11) is -2.39. The Morgan fingerprint density at radius 2 is 2.25 bits per heavy atom. The van der Waals surface area contributed by atoms with Gasteiger partial charge in [0.15, 0.2) is 0 Å². The van der Waals surface area contributed by atoms with E-state index in [9.17, 15) is 13.2 Å². The molecule has 5 nitrogen and oxygen atoms in total. The fraction of sp³-hybridized carbons (Fsp3) is 0.462. The third kappa shape index (κ3) is 2.89. The highest BCUT2D eigenvalue weighted by Gasteiger charge is 2.40. The van der Waals surface area contributed by atoms with Gasteiger partial charge in [0.1, 0.15) is 6.04 Å². The number of sulfonamides is 1. The lowest BCUT2D eigenvalue weighted by atomic mass is 10.2. The summed E-state index contributed by atoms with van der Waals surface area (Å²) < 4.78 is 31.2. The molecule has 110 valence electrons. The van der Waals surface area contributed by atoms with Gasteiger partial charge in [-0.1, -0.05) is 28.1 Å². The molecule has 1 fully saturated rings. The fourth-order valence-electron chi connectivity index (χ4n) is 2.32. The standard InChI is InChI=1S/C13H16BrNO4S/c1-19-13(16)12-6-3-7-15(12)20(17,18)11-5-2-4-10(8-11)9-14/h2,4-5,8,12H,3,6-7,9H2,1H3. The highest BCUT2D eigenvalue weighted by atomic mass is 79.9. The van der Waals surface area contributed by atoms with Crippen molar-refractivity contribution in [1.82, 2.24) is 4.31 Å². The summed E-state index contributed by atoms with van der Waals surface area (Å²) >= 11 is 3.31. The smallest absolute Gasteiger partial charge is 0.324 e.